The molecule has 6 nitrogen and oxygen atoms in total. The highest BCUT2D eigenvalue weighted by molar-refractivity contribution is 7.99. The van der Waals surface area contributed by atoms with Gasteiger partial charge in [0.05, 0.1) is 9.79 Å². The number of benzene rings is 2. The van der Waals surface area contributed by atoms with Gasteiger partial charge in [-0.25, -0.2) is 9.59 Å². The highest BCUT2D eigenvalue weighted by atomic mass is 32.2. The predicted molar refractivity (Wildman–Crippen MR) is 120 cm³/mol. The van der Waals surface area contributed by atoms with Gasteiger partial charge in [0.1, 0.15) is 37.9 Å². The van der Waals surface area contributed by atoms with Gasteiger partial charge >= 0.3 is 11.9 Å². The van der Waals surface area contributed by atoms with Gasteiger partial charge in [-0.2, -0.15) is 0 Å². The molecular formula is C24H26O6S. The average molecular weight is 443 g/mol. The summed E-state index contributed by atoms with van der Waals surface area (Å²) < 4.78 is 21.6. The lowest BCUT2D eigenvalue weighted by atomic mass is 10.2. The molecule has 0 bridgehead atoms. The van der Waals surface area contributed by atoms with Crippen molar-refractivity contribution < 1.29 is 28.5 Å². The maximum atomic E-state index is 11.2. The first kappa shape index (κ1) is 24.1. The molecule has 2 aromatic carbocycles. The van der Waals surface area contributed by atoms with Gasteiger partial charge in [-0.15, -0.1) is 0 Å². The minimum atomic E-state index is -0.484. The summed E-state index contributed by atoms with van der Waals surface area (Å²) >= 11 is 1.50. The minimum absolute atomic E-state index is 0.130. The molecule has 0 amide bonds. The van der Waals surface area contributed by atoms with Crippen LogP contribution in [0, 0.1) is 13.8 Å². The monoisotopic (exact) mass is 442 g/mol. The highest BCUT2D eigenvalue weighted by Gasteiger charge is 2.12. The Morgan fingerprint density at radius 2 is 1.19 bits per heavy atom. The normalized spacial score (nSPS) is 10.1. The summed E-state index contributed by atoms with van der Waals surface area (Å²) in [5.41, 5.74) is 2.10. The van der Waals surface area contributed by atoms with Gasteiger partial charge in [0.25, 0.3) is 0 Å². The van der Waals surface area contributed by atoms with Crippen molar-refractivity contribution in [2.24, 2.45) is 0 Å². The SMILES string of the molecule is C=CC(=O)OCCOc1cc(C)ccc1Sc1ccc(C)cc1OCCOC(=O)C=C. The van der Waals surface area contributed by atoms with Gasteiger partial charge in [0.2, 0.25) is 0 Å². The maximum absolute atomic E-state index is 11.2. The number of carbonyl (C=O) groups is 2. The van der Waals surface area contributed by atoms with Gasteiger partial charge < -0.3 is 18.9 Å². The topological polar surface area (TPSA) is 71.1 Å². The molecule has 2 aromatic rings. The van der Waals surface area contributed by atoms with E-state index in [1.165, 1.54) is 11.8 Å². The molecule has 0 fully saturated rings. The molecule has 0 aliphatic heterocycles. The molecule has 0 aromatic heterocycles. The summed E-state index contributed by atoms with van der Waals surface area (Å²) in [5.74, 6) is 0.405. The van der Waals surface area contributed by atoms with Crippen LogP contribution in [0.2, 0.25) is 0 Å². The lowest BCUT2D eigenvalue weighted by molar-refractivity contribution is -0.139. The summed E-state index contributed by atoms with van der Waals surface area (Å²) in [6.45, 7) is 11.4. The second kappa shape index (κ2) is 12.5. The third-order valence-corrected chi connectivity index (χ3v) is 5.04. The van der Waals surface area contributed by atoms with Crippen LogP contribution in [-0.4, -0.2) is 38.4 Å². The number of rotatable bonds is 12. The number of ether oxygens (including phenoxy) is 4. The van der Waals surface area contributed by atoms with E-state index >= 15 is 0 Å². The zero-order valence-corrected chi connectivity index (χ0v) is 18.5. The summed E-state index contributed by atoms with van der Waals surface area (Å²) in [4.78, 5) is 24.1. The Hall–Kier alpha value is -3.19. The van der Waals surface area contributed by atoms with Crippen molar-refractivity contribution in [2.45, 2.75) is 23.6 Å². The van der Waals surface area contributed by atoms with Crippen LogP contribution < -0.4 is 9.47 Å². The molecule has 0 saturated heterocycles. The van der Waals surface area contributed by atoms with E-state index in [-0.39, 0.29) is 26.4 Å². The van der Waals surface area contributed by atoms with Gasteiger partial charge in [0, 0.05) is 12.2 Å². The van der Waals surface area contributed by atoms with Crippen LogP contribution in [0.4, 0.5) is 0 Å². The van der Waals surface area contributed by atoms with Crippen molar-refractivity contribution in [3.63, 3.8) is 0 Å². The second-order valence-electron chi connectivity index (χ2n) is 6.44. The van der Waals surface area contributed by atoms with E-state index in [9.17, 15) is 9.59 Å². The van der Waals surface area contributed by atoms with E-state index in [0.717, 1.165) is 33.1 Å². The standard InChI is InChI=1S/C24H26O6S/c1-5-23(25)29-13-11-27-19-15-17(3)7-9-21(19)31-22-10-8-18(4)16-20(22)28-12-14-30-24(26)6-2/h5-10,15-16H,1-2,11-14H2,3-4H3. The van der Waals surface area contributed by atoms with Crippen molar-refractivity contribution in [1.82, 2.24) is 0 Å². The number of carbonyl (C=O) groups excluding carboxylic acids is 2. The third-order valence-electron chi connectivity index (χ3n) is 3.92. The molecule has 7 heteroatoms. The smallest absolute Gasteiger partial charge is 0.330 e. The fraction of sp³-hybridized carbons (Fsp3) is 0.250. The van der Waals surface area contributed by atoms with E-state index in [2.05, 4.69) is 13.2 Å². The first-order valence-corrected chi connectivity index (χ1v) is 10.5. The molecule has 0 aliphatic rings. The molecule has 0 radical (unpaired) electrons. The zero-order chi connectivity index (χ0) is 22.6. The first-order valence-electron chi connectivity index (χ1n) is 9.66. The van der Waals surface area contributed by atoms with Crippen LogP contribution in [0.5, 0.6) is 11.5 Å². The van der Waals surface area contributed by atoms with Crippen molar-refractivity contribution in [3.05, 3.63) is 72.8 Å². The van der Waals surface area contributed by atoms with Crippen LogP contribution in [-0.2, 0) is 19.1 Å². The van der Waals surface area contributed by atoms with Gasteiger partial charge in [-0.3, -0.25) is 0 Å². The van der Waals surface area contributed by atoms with E-state index in [4.69, 9.17) is 18.9 Å². The van der Waals surface area contributed by atoms with Crippen LogP contribution >= 0.6 is 11.8 Å². The predicted octanol–water partition coefficient (Wildman–Crippen LogP) is 4.67. The summed E-state index contributed by atoms with van der Waals surface area (Å²) in [5, 5.41) is 0. The van der Waals surface area contributed by atoms with E-state index in [0.29, 0.717) is 11.5 Å². The van der Waals surface area contributed by atoms with Crippen LogP contribution in [0.15, 0.2) is 71.5 Å². The molecule has 2 rings (SSSR count). The van der Waals surface area contributed by atoms with Gasteiger partial charge in [0.15, 0.2) is 0 Å². The fourth-order valence-electron chi connectivity index (χ4n) is 2.45. The molecule has 0 spiro atoms. The average Bonchev–Trinajstić information content (AvgIpc) is 2.76. The summed E-state index contributed by atoms with van der Waals surface area (Å²) in [6, 6.07) is 11.8. The van der Waals surface area contributed by atoms with Crippen LogP contribution in [0.1, 0.15) is 11.1 Å². The van der Waals surface area contributed by atoms with Crippen LogP contribution in [0.3, 0.4) is 0 Å². The van der Waals surface area contributed by atoms with E-state index < -0.39 is 11.9 Å². The molecule has 0 heterocycles. The molecule has 31 heavy (non-hydrogen) atoms. The quantitative estimate of drug-likeness (QED) is 0.269. The minimum Gasteiger partial charge on any atom is -0.489 e. The summed E-state index contributed by atoms with van der Waals surface area (Å²) in [6.07, 6.45) is 2.23. The number of aryl methyl sites for hydroxylation is 2. The lowest BCUT2D eigenvalue weighted by Gasteiger charge is -2.15. The number of hydrogen-bond donors (Lipinski definition) is 0. The maximum Gasteiger partial charge on any atom is 0.330 e. The molecule has 0 saturated carbocycles. The van der Waals surface area contributed by atoms with E-state index in [1.807, 2.05) is 50.2 Å². The van der Waals surface area contributed by atoms with Gasteiger partial charge in [-0.1, -0.05) is 37.1 Å². The number of hydrogen-bond acceptors (Lipinski definition) is 7. The molecule has 0 unspecified atom stereocenters. The Bertz CT molecular complexity index is 862. The Morgan fingerprint density at radius 3 is 1.58 bits per heavy atom. The molecular weight excluding hydrogens is 416 g/mol. The zero-order valence-electron chi connectivity index (χ0n) is 17.7. The second-order valence-corrected chi connectivity index (χ2v) is 7.53. The van der Waals surface area contributed by atoms with Crippen LogP contribution in [0.25, 0.3) is 0 Å². The molecule has 164 valence electrons. The van der Waals surface area contributed by atoms with Gasteiger partial charge in [-0.05, 0) is 49.2 Å². The summed E-state index contributed by atoms with van der Waals surface area (Å²) in [7, 11) is 0. The number of esters is 2. The Morgan fingerprint density at radius 1 is 0.774 bits per heavy atom. The Kier molecular flexibility index (Phi) is 9.71. The molecule has 0 N–H and O–H groups in total. The first-order chi connectivity index (χ1) is 14.9. The fourth-order valence-corrected chi connectivity index (χ4v) is 3.39. The molecule has 0 atom stereocenters. The van der Waals surface area contributed by atoms with Crippen molar-refractivity contribution in [1.29, 1.82) is 0 Å². The van der Waals surface area contributed by atoms with Crippen molar-refractivity contribution in [2.75, 3.05) is 26.4 Å². The lowest BCUT2D eigenvalue weighted by Crippen LogP contribution is -2.11. The van der Waals surface area contributed by atoms with E-state index in [1.54, 1.807) is 0 Å². The largest absolute Gasteiger partial charge is 0.489 e. The highest BCUT2D eigenvalue weighted by Crippen LogP contribution is 2.40. The van der Waals surface area contributed by atoms with Crippen molar-refractivity contribution >= 4 is 23.7 Å². The molecule has 0 aliphatic carbocycles. The third kappa shape index (κ3) is 8.22. The Balaban J connectivity index is 2.08. The van der Waals surface area contributed by atoms with Crippen molar-refractivity contribution in [3.8, 4) is 11.5 Å². The Labute approximate surface area is 186 Å².